The van der Waals surface area contributed by atoms with Crippen LogP contribution in [0.25, 0.3) is 22.2 Å². The second-order valence-electron chi connectivity index (χ2n) is 5.04. The third-order valence-corrected chi connectivity index (χ3v) is 3.78. The lowest BCUT2D eigenvalue weighted by atomic mass is 10.0. The van der Waals surface area contributed by atoms with E-state index in [-0.39, 0.29) is 0 Å². The Bertz CT molecular complexity index is 800. The average Bonchev–Trinajstić information content (AvgIpc) is 2.78. The number of aromatic nitrogens is 1. The van der Waals surface area contributed by atoms with Crippen LogP contribution in [0.3, 0.4) is 0 Å². The number of hydrogen-bond acceptors (Lipinski definition) is 1. The van der Waals surface area contributed by atoms with Crippen LogP contribution in [-0.4, -0.2) is 11.3 Å². The summed E-state index contributed by atoms with van der Waals surface area (Å²) in [6.45, 7) is 4.08. The Balaban J connectivity index is 2.33. The summed E-state index contributed by atoms with van der Waals surface area (Å²) >= 11 is 5.92. The lowest BCUT2D eigenvalue weighted by Gasteiger charge is -2.01. The zero-order valence-electron chi connectivity index (χ0n) is 11.3. The van der Waals surface area contributed by atoms with E-state index in [9.17, 15) is 4.79 Å². The number of nitrogens with one attached hydrogen (secondary N) is 1. The first-order chi connectivity index (χ1) is 9.60. The number of H-pyrrole nitrogens is 1. The maximum atomic E-state index is 11.5. The molecule has 1 heterocycles. The summed E-state index contributed by atoms with van der Waals surface area (Å²) in [6.07, 6.45) is 0.922. The fourth-order valence-corrected chi connectivity index (χ4v) is 2.84. The van der Waals surface area contributed by atoms with Gasteiger partial charge in [-0.25, -0.2) is 0 Å². The molecule has 2 aromatic carbocycles. The molecule has 0 amide bonds. The molecule has 0 saturated heterocycles. The molecular formula is C17H14ClNO. The number of carbonyl (C=O) groups excluding carboxylic acids is 1. The van der Waals surface area contributed by atoms with Gasteiger partial charge in [-0.05, 0) is 48.7 Å². The minimum Gasteiger partial charge on any atom is -0.354 e. The van der Waals surface area contributed by atoms with Gasteiger partial charge >= 0.3 is 0 Å². The highest BCUT2D eigenvalue weighted by Gasteiger charge is 2.14. The molecule has 0 unspecified atom stereocenters. The molecule has 3 heteroatoms. The molecule has 0 spiro atoms. The second kappa shape index (κ2) is 4.80. The van der Waals surface area contributed by atoms with Gasteiger partial charge in [0, 0.05) is 21.5 Å². The number of rotatable bonds is 2. The maximum Gasteiger partial charge on any atom is 0.152 e. The molecule has 3 aromatic rings. The molecular weight excluding hydrogens is 270 g/mol. The number of aldehydes is 1. The van der Waals surface area contributed by atoms with Crippen molar-refractivity contribution in [2.24, 2.45) is 0 Å². The molecule has 0 fully saturated rings. The molecule has 20 heavy (non-hydrogen) atoms. The van der Waals surface area contributed by atoms with Gasteiger partial charge < -0.3 is 4.98 Å². The molecule has 3 rings (SSSR count). The molecule has 100 valence electrons. The predicted octanol–water partition coefficient (Wildman–Crippen LogP) is 4.92. The van der Waals surface area contributed by atoms with E-state index in [1.807, 2.05) is 31.2 Å². The number of hydrogen-bond donors (Lipinski definition) is 1. The van der Waals surface area contributed by atoms with Crippen molar-refractivity contribution >= 4 is 28.8 Å². The lowest BCUT2D eigenvalue weighted by Crippen LogP contribution is -1.85. The largest absolute Gasteiger partial charge is 0.354 e. The summed E-state index contributed by atoms with van der Waals surface area (Å²) < 4.78 is 0. The second-order valence-corrected chi connectivity index (χ2v) is 5.48. The number of fused-ring (bicyclic) bond motifs is 1. The molecule has 0 radical (unpaired) electrons. The fraction of sp³-hybridized carbons (Fsp3) is 0.118. The van der Waals surface area contributed by atoms with Gasteiger partial charge in [0.2, 0.25) is 0 Å². The van der Waals surface area contributed by atoms with E-state index >= 15 is 0 Å². The van der Waals surface area contributed by atoms with Crippen LogP contribution in [0.1, 0.15) is 21.5 Å². The minimum atomic E-state index is 0.685. The Hall–Kier alpha value is -2.06. The lowest BCUT2D eigenvalue weighted by molar-refractivity contribution is 0.112. The molecule has 0 saturated carbocycles. The first kappa shape index (κ1) is 12.9. The Morgan fingerprint density at radius 2 is 1.80 bits per heavy atom. The van der Waals surface area contributed by atoms with Gasteiger partial charge in [-0.15, -0.1) is 0 Å². The standard InChI is InChI=1S/C17H14ClNO/c1-10-7-11(2)16-14(9-20)17(19-15(16)8-10)12-3-5-13(18)6-4-12/h3-9,19H,1-2H3. The van der Waals surface area contributed by atoms with Crippen LogP contribution in [0.2, 0.25) is 5.02 Å². The Morgan fingerprint density at radius 3 is 2.45 bits per heavy atom. The van der Waals surface area contributed by atoms with E-state index in [1.165, 1.54) is 5.56 Å². The summed E-state index contributed by atoms with van der Waals surface area (Å²) in [5.74, 6) is 0. The molecule has 2 nitrogen and oxygen atoms in total. The smallest absolute Gasteiger partial charge is 0.152 e. The summed E-state index contributed by atoms with van der Waals surface area (Å²) in [4.78, 5) is 14.9. The summed E-state index contributed by atoms with van der Waals surface area (Å²) in [6, 6.07) is 11.7. The van der Waals surface area contributed by atoms with Gasteiger partial charge in [0.25, 0.3) is 0 Å². The Morgan fingerprint density at radius 1 is 1.10 bits per heavy atom. The van der Waals surface area contributed by atoms with Crippen LogP contribution >= 0.6 is 11.6 Å². The van der Waals surface area contributed by atoms with Crippen molar-refractivity contribution in [2.45, 2.75) is 13.8 Å². The number of benzene rings is 2. The molecule has 0 aliphatic heterocycles. The fourth-order valence-electron chi connectivity index (χ4n) is 2.71. The van der Waals surface area contributed by atoms with Crippen LogP contribution in [0.5, 0.6) is 0 Å². The van der Waals surface area contributed by atoms with Crippen molar-refractivity contribution in [3.05, 3.63) is 58.1 Å². The topological polar surface area (TPSA) is 32.9 Å². The summed E-state index contributed by atoms with van der Waals surface area (Å²) in [7, 11) is 0. The zero-order valence-corrected chi connectivity index (χ0v) is 12.1. The maximum absolute atomic E-state index is 11.5. The first-order valence-electron chi connectivity index (χ1n) is 6.44. The Kier molecular flexibility index (Phi) is 3.11. The first-order valence-corrected chi connectivity index (χ1v) is 6.82. The molecule has 0 aliphatic carbocycles. The Labute approximate surface area is 122 Å². The van der Waals surface area contributed by atoms with Crippen LogP contribution in [0.15, 0.2) is 36.4 Å². The highest BCUT2D eigenvalue weighted by molar-refractivity contribution is 6.30. The van der Waals surface area contributed by atoms with Gasteiger partial charge in [0.15, 0.2) is 6.29 Å². The number of halogens is 1. The highest BCUT2D eigenvalue weighted by Crippen LogP contribution is 2.32. The van der Waals surface area contributed by atoms with Gasteiger partial charge in [-0.2, -0.15) is 0 Å². The van der Waals surface area contributed by atoms with Crippen molar-refractivity contribution in [1.82, 2.24) is 4.98 Å². The summed E-state index contributed by atoms with van der Waals surface area (Å²) in [5, 5.41) is 1.68. The SMILES string of the molecule is Cc1cc(C)c2c(C=O)c(-c3ccc(Cl)cc3)[nH]c2c1. The van der Waals surface area contributed by atoms with Crippen LogP contribution in [0.4, 0.5) is 0 Å². The minimum absolute atomic E-state index is 0.685. The average molecular weight is 284 g/mol. The van der Waals surface area contributed by atoms with Crippen molar-refractivity contribution in [1.29, 1.82) is 0 Å². The van der Waals surface area contributed by atoms with Crippen molar-refractivity contribution in [3.63, 3.8) is 0 Å². The van der Waals surface area contributed by atoms with Gasteiger partial charge in [-0.3, -0.25) is 4.79 Å². The van der Waals surface area contributed by atoms with E-state index in [0.29, 0.717) is 10.6 Å². The van der Waals surface area contributed by atoms with Crippen LogP contribution < -0.4 is 0 Å². The third kappa shape index (κ3) is 2.02. The normalized spacial score (nSPS) is 10.9. The van der Waals surface area contributed by atoms with Crippen LogP contribution in [0, 0.1) is 13.8 Å². The van der Waals surface area contributed by atoms with Crippen molar-refractivity contribution < 1.29 is 4.79 Å². The molecule has 0 aliphatic rings. The van der Waals surface area contributed by atoms with E-state index < -0.39 is 0 Å². The van der Waals surface area contributed by atoms with Gasteiger partial charge in [0.05, 0.1) is 5.69 Å². The van der Waals surface area contributed by atoms with Crippen LogP contribution in [-0.2, 0) is 0 Å². The third-order valence-electron chi connectivity index (χ3n) is 3.53. The van der Waals surface area contributed by atoms with E-state index in [2.05, 4.69) is 24.0 Å². The monoisotopic (exact) mass is 283 g/mol. The quantitative estimate of drug-likeness (QED) is 0.666. The van der Waals surface area contributed by atoms with Crippen molar-refractivity contribution in [3.8, 4) is 11.3 Å². The number of aromatic amines is 1. The molecule has 1 aromatic heterocycles. The summed E-state index contributed by atoms with van der Waals surface area (Å²) in [5.41, 5.74) is 5.80. The van der Waals surface area contributed by atoms with Gasteiger partial charge in [-0.1, -0.05) is 29.8 Å². The highest BCUT2D eigenvalue weighted by atomic mass is 35.5. The van der Waals surface area contributed by atoms with E-state index in [1.54, 1.807) is 0 Å². The van der Waals surface area contributed by atoms with E-state index in [0.717, 1.165) is 34.0 Å². The van der Waals surface area contributed by atoms with Crippen molar-refractivity contribution in [2.75, 3.05) is 0 Å². The number of aryl methyl sites for hydroxylation is 2. The molecule has 0 atom stereocenters. The predicted molar refractivity (Wildman–Crippen MR) is 83.6 cm³/mol. The molecule has 1 N–H and O–H groups in total. The van der Waals surface area contributed by atoms with Gasteiger partial charge in [0.1, 0.15) is 0 Å². The number of carbonyl (C=O) groups is 1. The molecule has 0 bridgehead atoms. The zero-order chi connectivity index (χ0) is 14.3. The van der Waals surface area contributed by atoms with E-state index in [4.69, 9.17) is 11.6 Å².